The van der Waals surface area contributed by atoms with Crippen LogP contribution in [0.5, 0.6) is 5.75 Å². The van der Waals surface area contributed by atoms with Crippen molar-refractivity contribution in [1.29, 1.82) is 0 Å². The van der Waals surface area contributed by atoms with Gasteiger partial charge in [-0.15, -0.1) is 0 Å². The molecule has 0 bridgehead atoms. The molecular formula is C16H21NO4. The van der Waals surface area contributed by atoms with E-state index in [9.17, 15) is 9.59 Å². The van der Waals surface area contributed by atoms with Gasteiger partial charge in [0.1, 0.15) is 5.75 Å². The van der Waals surface area contributed by atoms with E-state index >= 15 is 0 Å². The van der Waals surface area contributed by atoms with Crippen molar-refractivity contribution in [3.05, 3.63) is 29.3 Å². The van der Waals surface area contributed by atoms with Crippen molar-refractivity contribution in [2.24, 2.45) is 0 Å². The predicted molar refractivity (Wildman–Crippen MR) is 78.6 cm³/mol. The number of methoxy groups -OCH3 is 1. The number of aryl methyl sites for hydroxylation is 1. The maximum atomic E-state index is 11.6. The summed E-state index contributed by atoms with van der Waals surface area (Å²) in [5.74, 6) is 0.0200. The highest BCUT2D eigenvalue weighted by Gasteiger charge is 2.21. The molecule has 1 aliphatic rings. The number of hydrogen-bond donors (Lipinski definition) is 2. The third-order valence-electron chi connectivity index (χ3n) is 3.90. The number of carbonyl (C=O) groups is 2. The molecule has 21 heavy (non-hydrogen) atoms. The maximum absolute atomic E-state index is 11.6. The van der Waals surface area contributed by atoms with E-state index in [-0.39, 0.29) is 18.7 Å². The second kappa shape index (κ2) is 7.11. The number of benzene rings is 1. The molecule has 114 valence electrons. The molecule has 0 heterocycles. The molecule has 0 fully saturated rings. The summed E-state index contributed by atoms with van der Waals surface area (Å²) in [5, 5.41) is 11.4. The normalized spacial score (nSPS) is 16.9. The van der Waals surface area contributed by atoms with Gasteiger partial charge in [-0.3, -0.25) is 9.59 Å². The van der Waals surface area contributed by atoms with E-state index in [4.69, 9.17) is 9.84 Å². The van der Waals surface area contributed by atoms with E-state index in [0.717, 1.165) is 25.0 Å². The molecule has 1 atom stereocenters. The lowest BCUT2D eigenvalue weighted by atomic mass is 9.82. The van der Waals surface area contributed by atoms with Gasteiger partial charge >= 0.3 is 5.97 Å². The first-order chi connectivity index (χ1) is 10.1. The molecule has 0 saturated carbocycles. The SMILES string of the molecule is COc1ccc2c(c1)CCCC2CNC(=O)CCC(=O)O. The zero-order valence-corrected chi connectivity index (χ0v) is 12.2. The second-order valence-electron chi connectivity index (χ2n) is 5.35. The number of carbonyl (C=O) groups excluding carboxylic acids is 1. The molecule has 1 aliphatic carbocycles. The van der Waals surface area contributed by atoms with Gasteiger partial charge in [0.25, 0.3) is 0 Å². The van der Waals surface area contributed by atoms with Crippen LogP contribution >= 0.6 is 0 Å². The molecule has 5 heteroatoms. The zero-order chi connectivity index (χ0) is 15.2. The summed E-state index contributed by atoms with van der Waals surface area (Å²) in [4.78, 5) is 22.0. The minimum Gasteiger partial charge on any atom is -0.497 e. The van der Waals surface area contributed by atoms with Crippen molar-refractivity contribution in [2.45, 2.75) is 38.0 Å². The standard InChI is InChI=1S/C16H21NO4/c1-21-13-5-6-14-11(9-13)3-2-4-12(14)10-17-15(18)7-8-16(19)20/h5-6,9,12H,2-4,7-8,10H2,1H3,(H,17,18)(H,19,20). The molecule has 1 amide bonds. The number of nitrogens with one attached hydrogen (secondary N) is 1. The number of ether oxygens (including phenoxy) is 1. The number of rotatable bonds is 6. The summed E-state index contributed by atoms with van der Waals surface area (Å²) in [5.41, 5.74) is 2.55. The fourth-order valence-electron chi connectivity index (χ4n) is 2.78. The molecular weight excluding hydrogens is 270 g/mol. The molecule has 2 N–H and O–H groups in total. The van der Waals surface area contributed by atoms with Crippen molar-refractivity contribution >= 4 is 11.9 Å². The van der Waals surface area contributed by atoms with E-state index in [1.165, 1.54) is 11.1 Å². The topological polar surface area (TPSA) is 75.6 Å². The van der Waals surface area contributed by atoms with Crippen LogP contribution in [0.25, 0.3) is 0 Å². The van der Waals surface area contributed by atoms with Gasteiger partial charge in [-0.05, 0) is 42.5 Å². The van der Waals surface area contributed by atoms with Crippen LogP contribution in [0, 0.1) is 0 Å². The molecule has 0 spiro atoms. The van der Waals surface area contributed by atoms with Crippen LogP contribution in [0.1, 0.15) is 42.7 Å². The minimum atomic E-state index is -0.944. The Morgan fingerprint density at radius 2 is 2.19 bits per heavy atom. The number of carboxylic acid groups (broad SMARTS) is 1. The quantitative estimate of drug-likeness (QED) is 0.841. The van der Waals surface area contributed by atoms with Gasteiger partial charge in [-0.25, -0.2) is 0 Å². The summed E-state index contributed by atoms with van der Waals surface area (Å²) in [6.07, 6.45) is 3.09. The van der Waals surface area contributed by atoms with Gasteiger partial charge < -0.3 is 15.2 Å². The first-order valence-electron chi connectivity index (χ1n) is 7.25. The lowest BCUT2D eigenvalue weighted by molar-refractivity contribution is -0.138. The lowest BCUT2D eigenvalue weighted by Gasteiger charge is -2.26. The van der Waals surface area contributed by atoms with Crippen LogP contribution in [-0.2, 0) is 16.0 Å². The van der Waals surface area contributed by atoms with Crippen LogP contribution in [-0.4, -0.2) is 30.6 Å². The minimum absolute atomic E-state index is 0.0392. The Morgan fingerprint density at radius 3 is 2.90 bits per heavy atom. The third-order valence-corrected chi connectivity index (χ3v) is 3.90. The van der Waals surface area contributed by atoms with E-state index in [1.54, 1.807) is 7.11 Å². The van der Waals surface area contributed by atoms with Crippen LogP contribution in [0.3, 0.4) is 0 Å². The highest BCUT2D eigenvalue weighted by Crippen LogP contribution is 2.33. The first kappa shape index (κ1) is 15.4. The molecule has 1 aromatic carbocycles. The molecule has 2 rings (SSSR count). The van der Waals surface area contributed by atoms with Crippen LogP contribution in [0.15, 0.2) is 18.2 Å². The van der Waals surface area contributed by atoms with Crippen molar-refractivity contribution < 1.29 is 19.4 Å². The molecule has 0 aliphatic heterocycles. The summed E-state index contributed by atoms with van der Waals surface area (Å²) in [6, 6.07) is 6.08. The monoisotopic (exact) mass is 291 g/mol. The summed E-state index contributed by atoms with van der Waals surface area (Å²) in [7, 11) is 1.66. The number of fused-ring (bicyclic) bond motifs is 1. The Kier molecular flexibility index (Phi) is 5.20. The van der Waals surface area contributed by atoms with Gasteiger partial charge in [0.05, 0.1) is 13.5 Å². The van der Waals surface area contributed by atoms with Crippen molar-refractivity contribution in [2.75, 3.05) is 13.7 Å². The highest BCUT2D eigenvalue weighted by molar-refractivity contribution is 5.80. The fourth-order valence-corrected chi connectivity index (χ4v) is 2.78. The van der Waals surface area contributed by atoms with E-state index < -0.39 is 5.97 Å². The summed E-state index contributed by atoms with van der Waals surface area (Å²) >= 11 is 0. The Hall–Kier alpha value is -2.04. The smallest absolute Gasteiger partial charge is 0.303 e. The Balaban J connectivity index is 1.94. The Labute approximate surface area is 124 Å². The third kappa shape index (κ3) is 4.21. The number of amides is 1. The number of hydrogen-bond acceptors (Lipinski definition) is 3. The van der Waals surface area contributed by atoms with Crippen molar-refractivity contribution in [3.63, 3.8) is 0 Å². The van der Waals surface area contributed by atoms with Gasteiger partial charge in [-0.2, -0.15) is 0 Å². The highest BCUT2D eigenvalue weighted by atomic mass is 16.5. The van der Waals surface area contributed by atoms with E-state index in [2.05, 4.69) is 17.4 Å². The Morgan fingerprint density at radius 1 is 1.38 bits per heavy atom. The van der Waals surface area contributed by atoms with Gasteiger partial charge in [0.15, 0.2) is 0 Å². The largest absolute Gasteiger partial charge is 0.497 e. The molecule has 5 nitrogen and oxygen atoms in total. The fraction of sp³-hybridized carbons (Fsp3) is 0.500. The van der Waals surface area contributed by atoms with E-state index in [0.29, 0.717) is 12.5 Å². The van der Waals surface area contributed by atoms with Gasteiger partial charge in [0.2, 0.25) is 5.91 Å². The lowest BCUT2D eigenvalue weighted by Crippen LogP contribution is -2.30. The summed E-state index contributed by atoms with van der Waals surface area (Å²) < 4.78 is 5.24. The predicted octanol–water partition coefficient (Wildman–Crippen LogP) is 2.10. The van der Waals surface area contributed by atoms with Gasteiger partial charge in [0, 0.05) is 18.9 Å². The Bertz CT molecular complexity index is 527. The van der Waals surface area contributed by atoms with Gasteiger partial charge in [-0.1, -0.05) is 6.07 Å². The molecule has 1 aromatic rings. The van der Waals surface area contributed by atoms with Crippen molar-refractivity contribution in [3.8, 4) is 5.75 Å². The molecule has 0 saturated heterocycles. The van der Waals surface area contributed by atoms with Crippen molar-refractivity contribution in [1.82, 2.24) is 5.32 Å². The second-order valence-corrected chi connectivity index (χ2v) is 5.35. The molecule has 0 aromatic heterocycles. The average molecular weight is 291 g/mol. The van der Waals surface area contributed by atoms with E-state index in [1.807, 2.05) is 6.07 Å². The number of aliphatic carboxylic acids is 1. The average Bonchev–Trinajstić information content (AvgIpc) is 2.50. The summed E-state index contributed by atoms with van der Waals surface area (Å²) in [6.45, 7) is 0.567. The van der Waals surface area contributed by atoms with Crippen LogP contribution < -0.4 is 10.1 Å². The van der Waals surface area contributed by atoms with Crippen LogP contribution in [0.4, 0.5) is 0 Å². The maximum Gasteiger partial charge on any atom is 0.303 e. The van der Waals surface area contributed by atoms with Crippen LogP contribution in [0.2, 0.25) is 0 Å². The molecule has 1 unspecified atom stereocenters. The zero-order valence-electron chi connectivity index (χ0n) is 12.2. The number of carboxylic acids is 1. The first-order valence-corrected chi connectivity index (χ1v) is 7.25. The molecule has 0 radical (unpaired) electrons.